The summed E-state index contributed by atoms with van der Waals surface area (Å²) in [6, 6.07) is 10.1. The van der Waals surface area contributed by atoms with E-state index in [0.717, 1.165) is 24.8 Å². The van der Waals surface area contributed by atoms with Gasteiger partial charge in [-0.15, -0.1) is 0 Å². The van der Waals surface area contributed by atoms with Crippen LogP contribution in [0.5, 0.6) is 0 Å². The molecular weight excluding hydrogens is 226 g/mol. The summed E-state index contributed by atoms with van der Waals surface area (Å²) < 4.78 is 5.88. The second-order valence-corrected chi connectivity index (χ2v) is 5.36. The summed E-state index contributed by atoms with van der Waals surface area (Å²) in [5, 5.41) is 9.82. The summed E-state index contributed by atoms with van der Waals surface area (Å²) in [5.41, 5.74) is 6.69. The van der Waals surface area contributed by atoms with Crippen molar-refractivity contribution in [2.45, 2.75) is 43.8 Å². The Balaban J connectivity index is 2.16. The first-order valence-corrected chi connectivity index (χ1v) is 6.72. The summed E-state index contributed by atoms with van der Waals surface area (Å²) >= 11 is 0. The maximum atomic E-state index is 9.82. The molecule has 1 fully saturated rings. The van der Waals surface area contributed by atoms with Crippen LogP contribution in [-0.4, -0.2) is 30.5 Å². The zero-order chi connectivity index (χ0) is 13.0. The molecule has 0 spiro atoms. The topological polar surface area (TPSA) is 55.5 Å². The Hall–Kier alpha value is -0.900. The Bertz CT molecular complexity index is 362. The van der Waals surface area contributed by atoms with Crippen molar-refractivity contribution in [1.82, 2.24) is 0 Å². The van der Waals surface area contributed by atoms with Gasteiger partial charge < -0.3 is 15.6 Å². The van der Waals surface area contributed by atoms with Gasteiger partial charge in [0.15, 0.2) is 0 Å². The molecular formula is C15H23NO2. The third-order valence-electron chi connectivity index (χ3n) is 4.02. The van der Waals surface area contributed by atoms with Crippen LogP contribution in [0.2, 0.25) is 0 Å². The lowest BCUT2D eigenvalue weighted by atomic mass is 9.76. The molecule has 1 aromatic carbocycles. The van der Waals surface area contributed by atoms with Crippen LogP contribution in [0.4, 0.5) is 0 Å². The molecule has 0 aliphatic carbocycles. The van der Waals surface area contributed by atoms with Gasteiger partial charge in [-0.25, -0.2) is 0 Å². The first-order valence-electron chi connectivity index (χ1n) is 6.72. The minimum atomic E-state index is -0.365. The molecule has 2 rings (SSSR count). The normalized spacial score (nSPS) is 27.1. The van der Waals surface area contributed by atoms with E-state index in [-0.39, 0.29) is 18.1 Å². The summed E-state index contributed by atoms with van der Waals surface area (Å²) in [6.45, 7) is 2.62. The summed E-state index contributed by atoms with van der Waals surface area (Å²) in [7, 11) is 0. The van der Waals surface area contributed by atoms with Gasteiger partial charge in [-0.1, -0.05) is 30.3 Å². The largest absolute Gasteiger partial charge is 0.395 e. The molecule has 100 valence electrons. The number of benzene rings is 1. The van der Waals surface area contributed by atoms with Crippen LogP contribution in [0.1, 0.15) is 31.7 Å². The van der Waals surface area contributed by atoms with Crippen LogP contribution in [0.3, 0.4) is 0 Å². The molecule has 3 unspecified atom stereocenters. The van der Waals surface area contributed by atoms with E-state index in [1.54, 1.807) is 0 Å². The van der Waals surface area contributed by atoms with Gasteiger partial charge in [0.25, 0.3) is 0 Å². The van der Waals surface area contributed by atoms with Crippen molar-refractivity contribution in [2.75, 3.05) is 13.2 Å². The number of ether oxygens (including phenoxy) is 1. The first-order chi connectivity index (χ1) is 8.70. The second kappa shape index (κ2) is 5.83. The van der Waals surface area contributed by atoms with Gasteiger partial charge >= 0.3 is 0 Å². The molecule has 1 aromatic rings. The van der Waals surface area contributed by atoms with Gasteiger partial charge in [0.1, 0.15) is 0 Å². The molecule has 0 radical (unpaired) electrons. The Kier molecular flexibility index (Phi) is 4.38. The van der Waals surface area contributed by atoms with E-state index in [9.17, 15) is 5.11 Å². The van der Waals surface area contributed by atoms with Crippen molar-refractivity contribution < 1.29 is 9.84 Å². The van der Waals surface area contributed by atoms with Crippen LogP contribution in [0, 0.1) is 0 Å². The van der Waals surface area contributed by atoms with Crippen LogP contribution in [0.25, 0.3) is 0 Å². The fourth-order valence-electron chi connectivity index (χ4n) is 2.80. The standard InChI is InChI=1S/C15H23NO2/c1-12-7-8-14(18-12)9-15(10-16,11-17)13-5-3-2-4-6-13/h2-6,12,14,17H,7-11,16H2,1H3. The summed E-state index contributed by atoms with van der Waals surface area (Å²) in [5.74, 6) is 0. The fraction of sp³-hybridized carbons (Fsp3) is 0.600. The molecule has 0 amide bonds. The van der Waals surface area contributed by atoms with Crippen molar-refractivity contribution in [1.29, 1.82) is 0 Å². The zero-order valence-corrected chi connectivity index (χ0v) is 11.0. The molecule has 3 atom stereocenters. The van der Waals surface area contributed by atoms with Gasteiger partial charge in [-0.05, 0) is 31.7 Å². The lowest BCUT2D eigenvalue weighted by Crippen LogP contribution is -2.41. The minimum Gasteiger partial charge on any atom is -0.395 e. The molecule has 1 aliphatic heterocycles. The van der Waals surface area contributed by atoms with E-state index < -0.39 is 0 Å². The SMILES string of the molecule is CC1CCC(CC(CN)(CO)c2ccccc2)O1. The Morgan fingerprint density at radius 3 is 2.56 bits per heavy atom. The van der Waals surface area contributed by atoms with Gasteiger partial charge in [-0.3, -0.25) is 0 Å². The van der Waals surface area contributed by atoms with Crippen LogP contribution in [0.15, 0.2) is 30.3 Å². The average molecular weight is 249 g/mol. The highest BCUT2D eigenvalue weighted by molar-refractivity contribution is 5.26. The van der Waals surface area contributed by atoms with E-state index in [1.165, 1.54) is 0 Å². The molecule has 3 heteroatoms. The van der Waals surface area contributed by atoms with Crippen molar-refractivity contribution >= 4 is 0 Å². The molecule has 1 saturated heterocycles. The van der Waals surface area contributed by atoms with E-state index in [0.29, 0.717) is 12.6 Å². The van der Waals surface area contributed by atoms with Crippen molar-refractivity contribution in [3.05, 3.63) is 35.9 Å². The Labute approximate surface area is 109 Å². The predicted molar refractivity (Wildman–Crippen MR) is 72.4 cm³/mol. The van der Waals surface area contributed by atoms with Gasteiger partial charge in [0, 0.05) is 12.0 Å². The fourth-order valence-corrected chi connectivity index (χ4v) is 2.80. The number of hydrogen-bond donors (Lipinski definition) is 2. The molecule has 18 heavy (non-hydrogen) atoms. The monoisotopic (exact) mass is 249 g/mol. The van der Waals surface area contributed by atoms with Gasteiger partial charge in [-0.2, -0.15) is 0 Å². The summed E-state index contributed by atoms with van der Waals surface area (Å²) in [4.78, 5) is 0. The second-order valence-electron chi connectivity index (χ2n) is 5.36. The molecule has 1 heterocycles. The highest BCUT2D eigenvalue weighted by Crippen LogP contribution is 2.33. The quantitative estimate of drug-likeness (QED) is 0.837. The maximum Gasteiger partial charge on any atom is 0.0589 e. The van der Waals surface area contributed by atoms with Crippen LogP contribution in [-0.2, 0) is 10.2 Å². The third kappa shape index (κ3) is 2.74. The lowest BCUT2D eigenvalue weighted by Gasteiger charge is -2.33. The smallest absolute Gasteiger partial charge is 0.0589 e. The van der Waals surface area contributed by atoms with E-state index in [1.807, 2.05) is 30.3 Å². The minimum absolute atomic E-state index is 0.0712. The van der Waals surface area contributed by atoms with Gasteiger partial charge in [0.2, 0.25) is 0 Å². The third-order valence-corrected chi connectivity index (χ3v) is 4.02. The number of rotatable bonds is 5. The number of nitrogens with two attached hydrogens (primary N) is 1. The van der Waals surface area contributed by atoms with E-state index in [4.69, 9.17) is 10.5 Å². The highest BCUT2D eigenvalue weighted by atomic mass is 16.5. The lowest BCUT2D eigenvalue weighted by molar-refractivity contribution is 0.0270. The van der Waals surface area contributed by atoms with E-state index >= 15 is 0 Å². The predicted octanol–water partition coefficient (Wildman–Crippen LogP) is 1.83. The molecule has 0 aromatic heterocycles. The van der Waals surface area contributed by atoms with Crippen molar-refractivity contribution in [3.63, 3.8) is 0 Å². The first kappa shape index (κ1) is 13.5. The van der Waals surface area contributed by atoms with Crippen LogP contribution < -0.4 is 5.73 Å². The van der Waals surface area contributed by atoms with Crippen molar-refractivity contribution in [3.8, 4) is 0 Å². The molecule has 0 saturated carbocycles. The summed E-state index contributed by atoms with van der Waals surface area (Å²) in [6.07, 6.45) is 3.52. The number of aliphatic hydroxyl groups excluding tert-OH is 1. The van der Waals surface area contributed by atoms with Gasteiger partial charge in [0.05, 0.1) is 18.8 Å². The Morgan fingerprint density at radius 1 is 1.33 bits per heavy atom. The van der Waals surface area contributed by atoms with E-state index in [2.05, 4.69) is 6.92 Å². The van der Waals surface area contributed by atoms with Crippen molar-refractivity contribution in [2.24, 2.45) is 5.73 Å². The molecule has 3 nitrogen and oxygen atoms in total. The number of aliphatic hydroxyl groups is 1. The highest BCUT2D eigenvalue weighted by Gasteiger charge is 2.35. The molecule has 0 bridgehead atoms. The zero-order valence-electron chi connectivity index (χ0n) is 11.0. The average Bonchev–Trinajstić information content (AvgIpc) is 2.82. The Morgan fingerprint density at radius 2 is 2.06 bits per heavy atom. The molecule has 1 aliphatic rings. The van der Waals surface area contributed by atoms with Crippen LogP contribution >= 0.6 is 0 Å². The molecule has 3 N–H and O–H groups in total. The number of hydrogen-bond acceptors (Lipinski definition) is 3. The maximum absolute atomic E-state index is 9.82.